The van der Waals surface area contributed by atoms with Crippen molar-refractivity contribution in [3.63, 3.8) is 0 Å². The Morgan fingerprint density at radius 3 is 2.49 bits per heavy atom. The summed E-state index contributed by atoms with van der Waals surface area (Å²) in [6.45, 7) is 6.88. The van der Waals surface area contributed by atoms with E-state index in [2.05, 4.69) is 70.5 Å². The molecule has 43 heavy (non-hydrogen) atoms. The molecule has 4 N–H and O–H groups in total. The van der Waals surface area contributed by atoms with E-state index in [0.717, 1.165) is 16.6 Å². The Bertz CT molecular complexity index is 1910. The monoisotopic (exact) mass is 572 g/mol. The largest absolute Gasteiger partial charge is 0.383 e. The lowest BCUT2D eigenvalue weighted by Gasteiger charge is -2.24. The first kappa shape index (κ1) is 27.7. The zero-order valence-corrected chi connectivity index (χ0v) is 23.9. The molecule has 0 spiro atoms. The molecule has 11 heteroatoms. The van der Waals surface area contributed by atoms with Crippen molar-refractivity contribution in [1.29, 1.82) is 15.8 Å². The van der Waals surface area contributed by atoms with Crippen molar-refractivity contribution in [1.82, 2.24) is 25.9 Å². The number of anilines is 2. The standard InChI is InChI=1S/C32H29FN10/c1-32(2,3)17-39-30-20(13-36)14-38-29-19(12-35)8-21(9-24(29)30)40-31(27-16-43(42-41-27)28-10-26(28)33)23-5-4-18(11-34)25-15-37-7-6-22(23)25/h4-9,14-16,26,28,31,40-42H,10,17H2,1-3H3,(H,38,39)/t26-,28?,31-/m0/s1. The predicted octanol–water partition coefficient (Wildman–Crippen LogP) is 5.29. The molecule has 4 aromatic rings. The Labute approximate surface area is 248 Å². The van der Waals surface area contributed by atoms with Gasteiger partial charge >= 0.3 is 0 Å². The molecule has 2 aromatic heterocycles. The number of hydrogen-bond acceptors (Lipinski definition) is 10. The third-order valence-electron chi connectivity index (χ3n) is 7.56. The maximum Gasteiger partial charge on any atom is 0.124 e. The van der Waals surface area contributed by atoms with Gasteiger partial charge in [0.1, 0.15) is 18.3 Å². The van der Waals surface area contributed by atoms with Crippen LogP contribution in [0, 0.1) is 39.4 Å². The highest BCUT2D eigenvalue weighted by atomic mass is 19.1. The van der Waals surface area contributed by atoms with Crippen LogP contribution in [0.15, 0.2) is 60.8 Å². The van der Waals surface area contributed by atoms with Crippen molar-refractivity contribution in [2.75, 3.05) is 17.2 Å². The Balaban J connectivity index is 1.50. The topological polar surface area (TPSA) is 149 Å². The second-order valence-corrected chi connectivity index (χ2v) is 12.0. The molecule has 214 valence electrons. The van der Waals surface area contributed by atoms with Crippen LogP contribution in [0.25, 0.3) is 21.7 Å². The number of nitriles is 3. The Kier molecular flexibility index (Phi) is 6.93. The van der Waals surface area contributed by atoms with E-state index >= 15 is 0 Å². The van der Waals surface area contributed by atoms with Crippen LogP contribution >= 0.6 is 0 Å². The van der Waals surface area contributed by atoms with E-state index in [1.54, 1.807) is 29.5 Å². The van der Waals surface area contributed by atoms with Crippen LogP contribution in [0.4, 0.5) is 15.8 Å². The molecule has 2 aromatic carbocycles. The zero-order chi connectivity index (χ0) is 30.3. The molecule has 0 amide bonds. The van der Waals surface area contributed by atoms with Gasteiger partial charge in [0.25, 0.3) is 0 Å². The van der Waals surface area contributed by atoms with Crippen LogP contribution < -0.4 is 21.6 Å². The lowest BCUT2D eigenvalue weighted by Crippen LogP contribution is -2.39. The first-order valence-corrected chi connectivity index (χ1v) is 13.9. The highest BCUT2D eigenvalue weighted by Crippen LogP contribution is 2.38. The Hall–Kier alpha value is -5.44. The lowest BCUT2D eigenvalue weighted by molar-refractivity contribution is 0.236. The average Bonchev–Trinajstić information content (AvgIpc) is 3.53. The number of pyridine rings is 2. The lowest BCUT2D eigenvalue weighted by atomic mass is 9.94. The van der Waals surface area contributed by atoms with Gasteiger partial charge in [-0.2, -0.15) is 15.8 Å². The van der Waals surface area contributed by atoms with Crippen molar-refractivity contribution in [3.8, 4) is 18.2 Å². The Morgan fingerprint density at radius 2 is 1.79 bits per heavy atom. The van der Waals surface area contributed by atoms with Gasteiger partial charge in [-0.15, -0.1) is 5.53 Å². The number of nitrogens with one attached hydrogen (secondary N) is 4. The minimum Gasteiger partial charge on any atom is -0.383 e. The molecular formula is C32H29FN10. The van der Waals surface area contributed by atoms with Crippen LogP contribution in [0.3, 0.4) is 0 Å². The fraction of sp³-hybridized carbons (Fsp3) is 0.281. The Morgan fingerprint density at radius 1 is 1.02 bits per heavy atom. The molecule has 6 rings (SSSR count). The first-order valence-electron chi connectivity index (χ1n) is 13.9. The summed E-state index contributed by atoms with van der Waals surface area (Å²) in [6.07, 6.45) is 6.21. The number of nitrogens with zero attached hydrogens (tertiary/aromatic N) is 6. The zero-order valence-electron chi connectivity index (χ0n) is 23.9. The molecule has 0 saturated heterocycles. The van der Waals surface area contributed by atoms with E-state index in [1.165, 1.54) is 6.20 Å². The van der Waals surface area contributed by atoms with Gasteiger partial charge in [-0.05, 0) is 40.6 Å². The number of benzene rings is 2. The fourth-order valence-corrected chi connectivity index (χ4v) is 5.26. The molecule has 1 saturated carbocycles. The van der Waals surface area contributed by atoms with Gasteiger partial charge in [0, 0.05) is 54.2 Å². The first-order chi connectivity index (χ1) is 20.7. The molecule has 1 fully saturated rings. The summed E-state index contributed by atoms with van der Waals surface area (Å²) in [5.41, 5.74) is 10.7. The van der Waals surface area contributed by atoms with E-state index in [9.17, 15) is 20.2 Å². The molecule has 1 unspecified atom stereocenters. The van der Waals surface area contributed by atoms with Crippen LogP contribution in [0.1, 0.15) is 55.5 Å². The molecule has 3 heterocycles. The smallest absolute Gasteiger partial charge is 0.124 e. The van der Waals surface area contributed by atoms with Gasteiger partial charge in [-0.3, -0.25) is 15.0 Å². The summed E-state index contributed by atoms with van der Waals surface area (Å²) in [5, 5.41) is 40.6. The van der Waals surface area contributed by atoms with Crippen molar-refractivity contribution in [2.24, 2.45) is 5.41 Å². The summed E-state index contributed by atoms with van der Waals surface area (Å²) in [6, 6.07) is 15.1. The summed E-state index contributed by atoms with van der Waals surface area (Å²) in [5.74, 6) is 0. The predicted molar refractivity (Wildman–Crippen MR) is 161 cm³/mol. The van der Waals surface area contributed by atoms with Gasteiger partial charge in [0.05, 0.1) is 51.7 Å². The third kappa shape index (κ3) is 5.32. The second kappa shape index (κ2) is 10.8. The van der Waals surface area contributed by atoms with Crippen LogP contribution in [0.5, 0.6) is 0 Å². The molecule has 3 atom stereocenters. The van der Waals surface area contributed by atoms with E-state index in [1.807, 2.05) is 24.4 Å². The third-order valence-corrected chi connectivity index (χ3v) is 7.56. The SMILES string of the molecule is CC(C)(C)CNc1c(C#N)cnc2c(C#N)cc(N[C@H](C3=CN(C4C[C@@H]4F)NN3)c3ccc(C#N)c4cnccc34)cc12. The van der Waals surface area contributed by atoms with Crippen LogP contribution in [0.2, 0.25) is 0 Å². The van der Waals surface area contributed by atoms with Gasteiger partial charge in [-0.1, -0.05) is 26.8 Å². The molecule has 10 nitrogen and oxygen atoms in total. The molecule has 1 aliphatic heterocycles. The molecule has 0 radical (unpaired) electrons. The van der Waals surface area contributed by atoms with Gasteiger partial charge < -0.3 is 16.1 Å². The van der Waals surface area contributed by atoms with Crippen molar-refractivity contribution >= 4 is 33.1 Å². The normalized spacial score (nSPS) is 18.3. The summed E-state index contributed by atoms with van der Waals surface area (Å²) >= 11 is 0. The number of hydrogen-bond donors (Lipinski definition) is 4. The van der Waals surface area contributed by atoms with E-state index in [-0.39, 0.29) is 11.5 Å². The molecule has 1 aliphatic carbocycles. The number of hydrazine groups is 2. The second-order valence-electron chi connectivity index (χ2n) is 12.0. The van der Waals surface area contributed by atoms with E-state index in [0.29, 0.717) is 57.3 Å². The van der Waals surface area contributed by atoms with E-state index < -0.39 is 12.2 Å². The van der Waals surface area contributed by atoms with Gasteiger partial charge in [0.15, 0.2) is 0 Å². The summed E-state index contributed by atoms with van der Waals surface area (Å²) in [4.78, 5) is 8.69. The molecule has 0 bridgehead atoms. The highest BCUT2D eigenvalue weighted by Gasteiger charge is 2.43. The number of halogens is 1. The average molecular weight is 573 g/mol. The van der Waals surface area contributed by atoms with Crippen molar-refractivity contribution in [3.05, 3.63) is 83.1 Å². The van der Waals surface area contributed by atoms with Crippen LogP contribution in [-0.4, -0.2) is 33.7 Å². The van der Waals surface area contributed by atoms with Crippen molar-refractivity contribution < 1.29 is 4.39 Å². The maximum atomic E-state index is 13.9. The molecule has 2 aliphatic rings. The minimum absolute atomic E-state index is 0.0630. The fourth-order valence-electron chi connectivity index (χ4n) is 5.26. The van der Waals surface area contributed by atoms with E-state index in [4.69, 9.17) is 0 Å². The minimum atomic E-state index is -0.905. The van der Waals surface area contributed by atoms with Crippen LogP contribution in [-0.2, 0) is 0 Å². The summed E-state index contributed by atoms with van der Waals surface area (Å²) < 4.78 is 13.9. The number of fused-ring (bicyclic) bond motifs is 2. The number of alkyl halides is 1. The number of rotatable bonds is 7. The quantitative estimate of drug-likeness (QED) is 0.230. The van der Waals surface area contributed by atoms with Gasteiger partial charge in [0.2, 0.25) is 0 Å². The van der Waals surface area contributed by atoms with Gasteiger partial charge in [-0.25, -0.2) is 4.39 Å². The summed E-state index contributed by atoms with van der Waals surface area (Å²) in [7, 11) is 0. The maximum absolute atomic E-state index is 13.9. The highest BCUT2D eigenvalue weighted by molar-refractivity contribution is 5.99. The number of aromatic nitrogens is 2. The van der Waals surface area contributed by atoms with Crippen molar-refractivity contribution in [2.45, 2.75) is 45.4 Å². The molecular weight excluding hydrogens is 543 g/mol.